The minimum atomic E-state index is -1.26. The molecule has 0 bridgehead atoms. The van der Waals surface area contributed by atoms with Gasteiger partial charge in [0.1, 0.15) is 0 Å². The third kappa shape index (κ3) is 7.45. The quantitative estimate of drug-likeness (QED) is 0.333. The van der Waals surface area contributed by atoms with Gasteiger partial charge in [-0.25, -0.2) is 4.79 Å². The van der Waals surface area contributed by atoms with Crippen LogP contribution in [0.5, 0.6) is 11.5 Å². The van der Waals surface area contributed by atoms with Crippen molar-refractivity contribution in [2.75, 3.05) is 25.7 Å². The van der Waals surface area contributed by atoms with Gasteiger partial charge in [-0.15, -0.1) is 0 Å². The lowest BCUT2D eigenvalue weighted by Gasteiger charge is -2.33. The van der Waals surface area contributed by atoms with E-state index >= 15 is 0 Å². The fourth-order valence-electron chi connectivity index (χ4n) is 3.39. The third-order valence-electron chi connectivity index (χ3n) is 4.11. The first-order valence-corrected chi connectivity index (χ1v) is 17.4. The Bertz CT molecular complexity index is 704. The summed E-state index contributed by atoms with van der Waals surface area (Å²) in [5.41, 5.74) is 2.13. The van der Waals surface area contributed by atoms with E-state index in [2.05, 4.69) is 50.2 Å². The number of ether oxygens (including phenoxy) is 3. The van der Waals surface area contributed by atoms with Gasteiger partial charge in [-0.1, -0.05) is 39.3 Å². The van der Waals surface area contributed by atoms with Crippen LogP contribution < -0.4 is 9.47 Å². The number of hydrogen-bond donors (Lipinski definition) is 0. The van der Waals surface area contributed by atoms with Gasteiger partial charge in [-0.3, -0.25) is 0 Å². The SMILES string of the molecule is CCOC(=O)/C=C/c1cc2c(cc1CN(C[Si](C)(C)C)C[Si](C)(C)C)OCO2. The maximum Gasteiger partial charge on any atom is 0.330 e. The molecule has 0 atom stereocenters. The Kier molecular flexibility index (Phi) is 7.53. The fourth-order valence-corrected chi connectivity index (χ4v) is 6.74. The van der Waals surface area contributed by atoms with Crippen molar-refractivity contribution in [2.24, 2.45) is 0 Å². The topological polar surface area (TPSA) is 48.0 Å². The van der Waals surface area contributed by atoms with Crippen LogP contribution in [0.25, 0.3) is 6.08 Å². The van der Waals surface area contributed by atoms with Crippen molar-refractivity contribution in [2.45, 2.75) is 52.8 Å². The second-order valence-corrected chi connectivity index (χ2v) is 20.6. The van der Waals surface area contributed by atoms with Crippen molar-refractivity contribution in [3.8, 4) is 11.5 Å². The summed E-state index contributed by atoms with van der Waals surface area (Å²) in [6.07, 6.45) is 5.61. The van der Waals surface area contributed by atoms with E-state index < -0.39 is 16.1 Å². The molecule has 1 aliphatic heterocycles. The van der Waals surface area contributed by atoms with Crippen molar-refractivity contribution >= 4 is 28.2 Å². The molecule has 0 N–H and O–H groups in total. The zero-order chi connectivity index (χ0) is 20.9. The van der Waals surface area contributed by atoms with Crippen molar-refractivity contribution in [1.29, 1.82) is 0 Å². The van der Waals surface area contributed by atoms with Crippen LogP contribution >= 0.6 is 0 Å². The van der Waals surface area contributed by atoms with Gasteiger partial charge in [0, 0.05) is 12.6 Å². The van der Waals surface area contributed by atoms with E-state index in [1.165, 1.54) is 6.08 Å². The van der Waals surface area contributed by atoms with E-state index in [1.807, 2.05) is 19.1 Å². The number of hydrogen-bond acceptors (Lipinski definition) is 5. The number of fused-ring (bicyclic) bond motifs is 1. The van der Waals surface area contributed by atoms with Gasteiger partial charge in [0.2, 0.25) is 6.79 Å². The molecular weight excluding hydrogens is 386 g/mol. The average Bonchev–Trinajstić information content (AvgIpc) is 2.96. The molecule has 0 fully saturated rings. The van der Waals surface area contributed by atoms with Gasteiger partial charge in [0.25, 0.3) is 0 Å². The van der Waals surface area contributed by atoms with Crippen LogP contribution in [0.2, 0.25) is 39.3 Å². The Morgan fingerprint density at radius 1 is 1.07 bits per heavy atom. The van der Waals surface area contributed by atoms with Gasteiger partial charge in [0.05, 0.1) is 22.8 Å². The molecule has 5 nitrogen and oxygen atoms in total. The molecule has 7 heteroatoms. The van der Waals surface area contributed by atoms with Crippen molar-refractivity contribution in [3.05, 3.63) is 29.3 Å². The number of nitrogens with zero attached hydrogens (tertiary/aromatic N) is 1. The van der Waals surface area contributed by atoms with Gasteiger partial charge in [-0.05, 0) is 48.6 Å². The highest BCUT2D eigenvalue weighted by atomic mass is 28.3. The summed E-state index contributed by atoms with van der Waals surface area (Å²) >= 11 is 0. The normalized spacial score (nSPS) is 14.1. The monoisotopic (exact) mass is 421 g/mol. The maximum atomic E-state index is 11.8. The molecule has 0 unspecified atom stereocenters. The second kappa shape index (κ2) is 9.28. The van der Waals surface area contributed by atoms with Crippen molar-refractivity contribution < 1.29 is 19.0 Å². The molecule has 0 saturated heterocycles. The fraction of sp³-hybridized carbons (Fsp3) is 0.571. The third-order valence-corrected chi connectivity index (χ3v) is 6.90. The highest BCUT2D eigenvalue weighted by molar-refractivity contribution is 6.77. The minimum Gasteiger partial charge on any atom is -0.463 e. The number of carbonyl (C=O) groups is 1. The molecule has 0 aliphatic carbocycles. The molecule has 1 heterocycles. The molecule has 0 spiro atoms. The van der Waals surface area contributed by atoms with Crippen LogP contribution in [0.1, 0.15) is 18.1 Å². The standard InChI is InChI=1S/C21H35NO4Si2/c1-8-24-21(23)10-9-17-11-19-20(26-16-25-19)12-18(17)13-22(14-27(2,3)4)15-28(5,6)7/h9-12H,8,13-16H2,1-7H3/b10-9+. The van der Waals surface area contributed by atoms with Crippen LogP contribution in [0.15, 0.2) is 18.2 Å². The number of rotatable bonds is 9. The highest BCUT2D eigenvalue weighted by Crippen LogP contribution is 2.36. The molecule has 1 aromatic rings. The molecule has 0 amide bonds. The van der Waals surface area contributed by atoms with E-state index in [0.29, 0.717) is 6.61 Å². The van der Waals surface area contributed by atoms with Crippen LogP contribution in [0.3, 0.4) is 0 Å². The van der Waals surface area contributed by atoms with Crippen LogP contribution in [-0.2, 0) is 16.1 Å². The maximum absolute atomic E-state index is 11.8. The lowest BCUT2D eigenvalue weighted by molar-refractivity contribution is -0.137. The Balaban J connectivity index is 2.33. The molecule has 0 aromatic heterocycles. The Morgan fingerprint density at radius 3 is 2.18 bits per heavy atom. The van der Waals surface area contributed by atoms with Crippen LogP contribution in [0, 0.1) is 0 Å². The summed E-state index contributed by atoms with van der Waals surface area (Å²) in [6.45, 7) is 17.7. The lowest BCUT2D eigenvalue weighted by atomic mass is 10.1. The zero-order valence-corrected chi connectivity index (χ0v) is 20.4. The molecule has 0 saturated carbocycles. The van der Waals surface area contributed by atoms with Gasteiger partial charge in [0.15, 0.2) is 11.5 Å². The molecule has 2 rings (SSSR count). The van der Waals surface area contributed by atoms with E-state index in [1.54, 1.807) is 0 Å². The summed E-state index contributed by atoms with van der Waals surface area (Å²) in [7, 11) is -2.52. The summed E-state index contributed by atoms with van der Waals surface area (Å²) in [5, 5.41) is 0. The zero-order valence-electron chi connectivity index (χ0n) is 18.4. The molecule has 0 radical (unpaired) electrons. The van der Waals surface area contributed by atoms with Gasteiger partial charge < -0.3 is 19.1 Å². The largest absolute Gasteiger partial charge is 0.463 e. The van der Waals surface area contributed by atoms with E-state index in [-0.39, 0.29) is 12.8 Å². The number of carbonyl (C=O) groups excluding carboxylic acids is 1. The first-order valence-electron chi connectivity index (χ1n) is 9.96. The van der Waals surface area contributed by atoms with E-state index in [9.17, 15) is 4.79 Å². The van der Waals surface area contributed by atoms with Gasteiger partial charge in [-0.2, -0.15) is 0 Å². The van der Waals surface area contributed by atoms with Crippen molar-refractivity contribution in [1.82, 2.24) is 4.90 Å². The Labute approximate surface area is 171 Å². The van der Waals surface area contributed by atoms with Crippen LogP contribution in [-0.4, -0.2) is 52.8 Å². The molecule has 156 valence electrons. The predicted octanol–water partition coefficient (Wildman–Crippen LogP) is 4.55. The Morgan fingerprint density at radius 2 is 1.64 bits per heavy atom. The smallest absolute Gasteiger partial charge is 0.330 e. The Hall–Kier alpha value is -1.58. The number of esters is 1. The van der Waals surface area contributed by atoms with E-state index in [0.717, 1.165) is 41.5 Å². The summed E-state index contributed by atoms with van der Waals surface area (Å²) in [5.74, 6) is 1.19. The van der Waals surface area contributed by atoms with E-state index in [4.69, 9.17) is 14.2 Å². The summed E-state index contributed by atoms with van der Waals surface area (Å²) in [4.78, 5) is 14.4. The summed E-state index contributed by atoms with van der Waals surface area (Å²) < 4.78 is 16.2. The molecule has 1 aromatic carbocycles. The first-order chi connectivity index (χ1) is 13.0. The van der Waals surface area contributed by atoms with Gasteiger partial charge >= 0.3 is 5.97 Å². The minimum absolute atomic E-state index is 0.243. The molecular formula is C21H35NO4Si2. The molecule has 1 aliphatic rings. The van der Waals surface area contributed by atoms with Crippen LogP contribution in [0.4, 0.5) is 0 Å². The second-order valence-electron chi connectivity index (χ2n) is 9.76. The summed E-state index contributed by atoms with van der Waals surface area (Å²) in [6, 6.07) is 4.03. The lowest BCUT2D eigenvalue weighted by Crippen LogP contribution is -2.47. The average molecular weight is 422 g/mol. The predicted molar refractivity (Wildman–Crippen MR) is 120 cm³/mol. The highest BCUT2D eigenvalue weighted by Gasteiger charge is 2.25. The molecule has 28 heavy (non-hydrogen) atoms. The first kappa shape index (κ1) is 22.7. The number of benzene rings is 1. The van der Waals surface area contributed by atoms with Crippen molar-refractivity contribution in [3.63, 3.8) is 0 Å².